The van der Waals surface area contributed by atoms with Crippen molar-refractivity contribution in [3.8, 4) is 0 Å². The van der Waals surface area contributed by atoms with Crippen LogP contribution in [0, 0.1) is 5.92 Å². The molecule has 1 N–H and O–H groups in total. The average Bonchev–Trinajstić information content (AvgIpc) is 3.12. The summed E-state index contributed by atoms with van der Waals surface area (Å²) in [5.74, 6) is 1.08. The second-order valence-corrected chi connectivity index (χ2v) is 4.57. The first-order valence-corrected chi connectivity index (χ1v) is 6.15. The first-order valence-electron chi connectivity index (χ1n) is 6.15. The van der Waals surface area contributed by atoms with Crippen LogP contribution >= 0.6 is 0 Å². The van der Waals surface area contributed by atoms with Crippen LogP contribution in [0.2, 0.25) is 0 Å². The lowest BCUT2D eigenvalue weighted by molar-refractivity contribution is -0.121. The number of hydrogen-bond donors (Lipinski definition) is 1. The fourth-order valence-corrected chi connectivity index (χ4v) is 1.81. The van der Waals surface area contributed by atoms with Gasteiger partial charge < -0.3 is 5.32 Å². The molecule has 0 heterocycles. The maximum Gasteiger partial charge on any atom is 0.220 e. The second kappa shape index (κ2) is 5.69. The Morgan fingerprint density at radius 2 is 2.00 bits per heavy atom. The predicted octanol–water partition coefficient (Wildman–Crippen LogP) is 2.54. The quantitative estimate of drug-likeness (QED) is 0.779. The number of carbonyl (C=O) groups is 1. The minimum Gasteiger partial charge on any atom is -0.356 e. The molecule has 0 aliphatic heterocycles. The molecule has 0 bridgehead atoms. The molecule has 2 nitrogen and oxygen atoms in total. The third-order valence-electron chi connectivity index (χ3n) is 3.06. The van der Waals surface area contributed by atoms with Crippen LogP contribution in [0.15, 0.2) is 30.3 Å². The van der Waals surface area contributed by atoms with Gasteiger partial charge in [0.2, 0.25) is 5.91 Å². The van der Waals surface area contributed by atoms with Crippen molar-refractivity contribution in [2.75, 3.05) is 6.54 Å². The summed E-state index contributed by atoms with van der Waals surface area (Å²) in [4.78, 5) is 11.5. The Morgan fingerprint density at radius 3 is 2.69 bits per heavy atom. The molecule has 1 saturated carbocycles. The van der Waals surface area contributed by atoms with E-state index in [0.29, 0.717) is 6.42 Å². The average molecular weight is 217 g/mol. The molecule has 86 valence electrons. The Kier molecular flexibility index (Phi) is 3.97. The molecular weight excluding hydrogens is 198 g/mol. The third-order valence-corrected chi connectivity index (χ3v) is 3.06. The minimum absolute atomic E-state index is 0.185. The molecule has 1 fully saturated rings. The number of carbonyl (C=O) groups excluding carboxylic acids is 1. The molecule has 1 amide bonds. The van der Waals surface area contributed by atoms with Gasteiger partial charge in [0.1, 0.15) is 0 Å². The predicted molar refractivity (Wildman–Crippen MR) is 65.1 cm³/mol. The van der Waals surface area contributed by atoms with Crippen molar-refractivity contribution >= 4 is 5.91 Å². The van der Waals surface area contributed by atoms with E-state index < -0.39 is 0 Å². The lowest BCUT2D eigenvalue weighted by Gasteiger charge is -2.04. The molecular formula is C14H19NO. The van der Waals surface area contributed by atoms with E-state index >= 15 is 0 Å². The molecule has 2 rings (SSSR count). The van der Waals surface area contributed by atoms with Crippen LogP contribution in [0.5, 0.6) is 0 Å². The van der Waals surface area contributed by atoms with Crippen molar-refractivity contribution in [3.63, 3.8) is 0 Å². The summed E-state index contributed by atoms with van der Waals surface area (Å²) < 4.78 is 0. The first kappa shape index (κ1) is 11.2. The van der Waals surface area contributed by atoms with E-state index in [1.54, 1.807) is 0 Å². The van der Waals surface area contributed by atoms with Gasteiger partial charge >= 0.3 is 0 Å². The fourth-order valence-electron chi connectivity index (χ4n) is 1.81. The third kappa shape index (κ3) is 4.05. The highest BCUT2D eigenvalue weighted by molar-refractivity contribution is 5.76. The zero-order valence-corrected chi connectivity index (χ0v) is 9.61. The van der Waals surface area contributed by atoms with Crippen LogP contribution in [0.3, 0.4) is 0 Å². The number of nitrogens with one attached hydrogen (secondary N) is 1. The van der Waals surface area contributed by atoms with Crippen molar-refractivity contribution in [2.45, 2.75) is 32.1 Å². The fraction of sp³-hybridized carbons (Fsp3) is 0.500. The van der Waals surface area contributed by atoms with E-state index in [4.69, 9.17) is 0 Å². The van der Waals surface area contributed by atoms with Gasteiger partial charge in [-0.05, 0) is 24.3 Å². The van der Waals surface area contributed by atoms with Gasteiger partial charge in [-0.2, -0.15) is 0 Å². The van der Waals surface area contributed by atoms with Gasteiger partial charge in [-0.3, -0.25) is 4.79 Å². The number of hydrogen-bond acceptors (Lipinski definition) is 1. The number of rotatable bonds is 6. The van der Waals surface area contributed by atoms with E-state index in [0.717, 1.165) is 25.3 Å². The maximum atomic E-state index is 11.5. The van der Waals surface area contributed by atoms with Gasteiger partial charge in [0, 0.05) is 13.0 Å². The van der Waals surface area contributed by atoms with E-state index in [1.165, 1.54) is 18.4 Å². The van der Waals surface area contributed by atoms with Crippen LogP contribution in [0.4, 0.5) is 0 Å². The van der Waals surface area contributed by atoms with Crippen molar-refractivity contribution in [3.05, 3.63) is 35.9 Å². The summed E-state index contributed by atoms with van der Waals surface area (Å²) in [6.45, 7) is 0.859. The zero-order chi connectivity index (χ0) is 11.2. The Labute approximate surface area is 97.1 Å². The van der Waals surface area contributed by atoms with Gasteiger partial charge in [0.25, 0.3) is 0 Å². The standard InChI is InChI=1S/C14H19NO/c16-14(15-11-10-13-6-7-13)9-8-12-4-2-1-3-5-12/h1-5,13H,6-11H2,(H,15,16). The highest BCUT2D eigenvalue weighted by atomic mass is 16.1. The molecule has 0 unspecified atom stereocenters. The van der Waals surface area contributed by atoms with Crippen LogP contribution in [0.1, 0.15) is 31.2 Å². The largest absolute Gasteiger partial charge is 0.356 e. The molecule has 1 aromatic carbocycles. The van der Waals surface area contributed by atoms with Gasteiger partial charge in [-0.25, -0.2) is 0 Å². The molecule has 0 radical (unpaired) electrons. The first-order chi connectivity index (χ1) is 7.84. The van der Waals surface area contributed by atoms with E-state index in [-0.39, 0.29) is 5.91 Å². The molecule has 1 aromatic rings. The van der Waals surface area contributed by atoms with Gasteiger partial charge in [0.05, 0.1) is 0 Å². The SMILES string of the molecule is O=C(CCc1ccccc1)NCCC1CC1. The highest BCUT2D eigenvalue weighted by Crippen LogP contribution is 2.31. The molecule has 0 atom stereocenters. The monoisotopic (exact) mass is 217 g/mol. The van der Waals surface area contributed by atoms with Crippen LogP contribution in [0.25, 0.3) is 0 Å². The van der Waals surface area contributed by atoms with Gasteiger partial charge in [-0.15, -0.1) is 0 Å². The van der Waals surface area contributed by atoms with Gasteiger partial charge in [0.15, 0.2) is 0 Å². The number of aryl methyl sites for hydroxylation is 1. The molecule has 0 spiro atoms. The highest BCUT2D eigenvalue weighted by Gasteiger charge is 2.20. The number of benzene rings is 1. The Bertz CT molecular complexity index is 330. The van der Waals surface area contributed by atoms with E-state index in [1.807, 2.05) is 18.2 Å². The van der Waals surface area contributed by atoms with Crippen LogP contribution < -0.4 is 5.32 Å². The van der Waals surface area contributed by atoms with Gasteiger partial charge in [-0.1, -0.05) is 43.2 Å². The van der Waals surface area contributed by atoms with E-state index in [2.05, 4.69) is 17.4 Å². The molecule has 1 aliphatic carbocycles. The summed E-state index contributed by atoms with van der Waals surface area (Å²) >= 11 is 0. The second-order valence-electron chi connectivity index (χ2n) is 4.57. The molecule has 0 aromatic heterocycles. The lowest BCUT2D eigenvalue weighted by atomic mass is 10.1. The summed E-state index contributed by atoms with van der Waals surface area (Å²) in [5.41, 5.74) is 1.24. The van der Waals surface area contributed by atoms with E-state index in [9.17, 15) is 4.79 Å². The molecule has 1 aliphatic rings. The zero-order valence-electron chi connectivity index (χ0n) is 9.61. The molecule has 0 saturated heterocycles. The topological polar surface area (TPSA) is 29.1 Å². The summed E-state index contributed by atoms with van der Waals surface area (Å²) in [7, 11) is 0. The Morgan fingerprint density at radius 1 is 1.25 bits per heavy atom. The van der Waals surface area contributed by atoms with Crippen LogP contribution in [-0.4, -0.2) is 12.5 Å². The normalized spacial score (nSPS) is 14.8. The minimum atomic E-state index is 0.185. The maximum absolute atomic E-state index is 11.5. The van der Waals surface area contributed by atoms with Crippen molar-refractivity contribution in [2.24, 2.45) is 5.92 Å². The van der Waals surface area contributed by atoms with Crippen molar-refractivity contribution < 1.29 is 4.79 Å². The smallest absolute Gasteiger partial charge is 0.220 e. The lowest BCUT2D eigenvalue weighted by Crippen LogP contribution is -2.24. The summed E-state index contributed by atoms with van der Waals surface area (Å²) in [5, 5.41) is 2.99. The number of amides is 1. The molecule has 16 heavy (non-hydrogen) atoms. The van der Waals surface area contributed by atoms with Crippen molar-refractivity contribution in [1.29, 1.82) is 0 Å². The Balaban J connectivity index is 1.59. The molecule has 2 heteroatoms. The Hall–Kier alpha value is -1.31. The van der Waals surface area contributed by atoms with Crippen LogP contribution in [-0.2, 0) is 11.2 Å². The summed E-state index contributed by atoms with van der Waals surface area (Å²) in [6.07, 6.45) is 5.33. The summed E-state index contributed by atoms with van der Waals surface area (Å²) in [6, 6.07) is 10.2. The van der Waals surface area contributed by atoms with Crippen molar-refractivity contribution in [1.82, 2.24) is 5.32 Å².